The Morgan fingerprint density at radius 2 is 2.00 bits per heavy atom. The predicted octanol–water partition coefficient (Wildman–Crippen LogP) is 3.37. The number of ether oxygens (including phenoxy) is 1. The molecule has 0 unspecified atom stereocenters. The minimum atomic E-state index is -0.340. The molecule has 0 aromatic heterocycles. The van der Waals surface area contributed by atoms with E-state index in [4.69, 9.17) is 4.74 Å². The maximum absolute atomic E-state index is 13.0. The van der Waals surface area contributed by atoms with Gasteiger partial charge in [0, 0.05) is 30.5 Å². The zero-order chi connectivity index (χ0) is 19.2. The Kier molecular flexibility index (Phi) is 6.55. The normalized spacial score (nSPS) is 17.9. The van der Waals surface area contributed by atoms with E-state index < -0.39 is 0 Å². The van der Waals surface area contributed by atoms with Crippen LogP contribution < -0.4 is 10.2 Å². The van der Waals surface area contributed by atoms with Crippen molar-refractivity contribution < 1.29 is 14.3 Å². The highest BCUT2D eigenvalue weighted by Gasteiger charge is 2.26. The van der Waals surface area contributed by atoms with Gasteiger partial charge in [-0.1, -0.05) is 25.3 Å². The van der Waals surface area contributed by atoms with Crippen LogP contribution >= 0.6 is 0 Å². The van der Waals surface area contributed by atoms with E-state index in [0.29, 0.717) is 31.4 Å². The summed E-state index contributed by atoms with van der Waals surface area (Å²) in [5.41, 5.74) is 1.44. The van der Waals surface area contributed by atoms with Gasteiger partial charge in [-0.15, -0.1) is 0 Å². The number of carbonyl (C=O) groups is 2. The van der Waals surface area contributed by atoms with E-state index in [1.165, 1.54) is 19.3 Å². The summed E-state index contributed by atoms with van der Waals surface area (Å²) in [5.74, 6) is 0. The molecule has 7 nitrogen and oxygen atoms in total. The SMILES string of the molecule is CN(C)CCN(C(=O)Nc1cccc(N2CCOC2=O)c1)C1CCCCC1. The van der Waals surface area contributed by atoms with Gasteiger partial charge in [-0.3, -0.25) is 4.90 Å². The van der Waals surface area contributed by atoms with Crippen LogP contribution in [0.5, 0.6) is 0 Å². The number of anilines is 2. The molecule has 0 bridgehead atoms. The molecule has 0 spiro atoms. The average Bonchev–Trinajstić information content (AvgIpc) is 3.09. The Balaban J connectivity index is 1.69. The van der Waals surface area contributed by atoms with Gasteiger partial charge in [0.25, 0.3) is 0 Å². The van der Waals surface area contributed by atoms with Gasteiger partial charge in [-0.2, -0.15) is 0 Å². The lowest BCUT2D eigenvalue weighted by Crippen LogP contribution is -2.46. The van der Waals surface area contributed by atoms with Crippen LogP contribution in [-0.2, 0) is 4.74 Å². The van der Waals surface area contributed by atoms with E-state index in [9.17, 15) is 9.59 Å². The maximum Gasteiger partial charge on any atom is 0.414 e. The zero-order valence-corrected chi connectivity index (χ0v) is 16.3. The fourth-order valence-corrected chi connectivity index (χ4v) is 3.73. The van der Waals surface area contributed by atoms with Crippen LogP contribution in [0, 0.1) is 0 Å². The van der Waals surface area contributed by atoms with E-state index in [0.717, 1.165) is 25.1 Å². The maximum atomic E-state index is 13.0. The molecule has 1 aliphatic carbocycles. The third-order valence-electron chi connectivity index (χ3n) is 5.23. The van der Waals surface area contributed by atoms with Crippen molar-refractivity contribution in [2.75, 3.05) is 50.6 Å². The Labute approximate surface area is 161 Å². The minimum Gasteiger partial charge on any atom is -0.447 e. The molecular formula is C20H30N4O3. The summed E-state index contributed by atoms with van der Waals surface area (Å²) in [4.78, 5) is 30.5. The third kappa shape index (κ3) is 5.13. The van der Waals surface area contributed by atoms with E-state index in [1.807, 2.05) is 43.3 Å². The fourth-order valence-electron chi connectivity index (χ4n) is 3.73. The molecular weight excluding hydrogens is 344 g/mol. The van der Waals surface area contributed by atoms with Crippen molar-refractivity contribution >= 4 is 23.5 Å². The largest absolute Gasteiger partial charge is 0.447 e. The number of hydrogen-bond acceptors (Lipinski definition) is 4. The van der Waals surface area contributed by atoms with E-state index >= 15 is 0 Å². The van der Waals surface area contributed by atoms with Gasteiger partial charge >= 0.3 is 12.1 Å². The van der Waals surface area contributed by atoms with Crippen LogP contribution in [0.1, 0.15) is 32.1 Å². The fraction of sp³-hybridized carbons (Fsp3) is 0.600. The van der Waals surface area contributed by atoms with E-state index in [1.54, 1.807) is 4.90 Å². The van der Waals surface area contributed by atoms with Gasteiger partial charge in [0.2, 0.25) is 0 Å². The van der Waals surface area contributed by atoms with Gasteiger partial charge in [-0.05, 0) is 45.1 Å². The molecule has 1 saturated carbocycles. The van der Waals surface area contributed by atoms with Crippen LogP contribution in [0.4, 0.5) is 21.0 Å². The Morgan fingerprint density at radius 3 is 2.67 bits per heavy atom. The van der Waals surface area contributed by atoms with Gasteiger partial charge in [0.05, 0.1) is 6.54 Å². The van der Waals surface area contributed by atoms with Crippen molar-refractivity contribution in [3.05, 3.63) is 24.3 Å². The molecule has 1 aromatic rings. The third-order valence-corrected chi connectivity index (χ3v) is 5.23. The Morgan fingerprint density at radius 1 is 1.22 bits per heavy atom. The highest BCUT2D eigenvalue weighted by molar-refractivity contribution is 5.93. The van der Waals surface area contributed by atoms with Crippen molar-refractivity contribution in [2.24, 2.45) is 0 Å². The summed E-state index contributed by atoms with van der Waals surface area (Å²) in [6, 6.07) is 7.62. The molecule has 0 atom stereocenters. The van der Waals surface area contributed by atoms with Crippen molar-refractivity contribution in [3.8, 4) is 0 Å². The number of rotatable bonds is 6. The molecule has 148 valence electrons. The zero-order valence-electron chi connectivity index (χ0n) is 16.3. The molecule has 1 aliphatic heterocycles. The summed E-state index contributed by atoms with van der Waals surface area (Å²) < 4.78 is 5.00. The second-order valence-corrected chi connectivity index (χ2v) is 7.53. The monoisotopic (exact) mass is 374 g/mol. The number of urea groups is 1. The second kappa shape index (κ2) is 9.08. The van der Waals surface area contributed by atoms with Crippen LogP contribution in [0.2, 0.25) is 0 Å². The van der Waals surface area contributed by atoms with Crippen LogP contribution in [0.3, 0.4) is 0 Å². The number of hydrogen-bond donors (Lipinski definition) is 1. The number of benzene rings is 1. The Hall–Kier alpha value is -2.28. The van der Waals surface area contributed by atoms with Crippen LogP contribution in [0.25, 0.3) is 0 Å². The van der Waals surface area contributed by atoms with E-state index in [-0.39, 0.29) is 12.1 Å². The van der Waals surface area contributed by atoms with Gasteiger partial charge < -0.3 is 19.9 Å². The van der Waals surface area contributed by atoms with Crippen LogP contribution in [-0.4, -0.2) is 68.3 Å². The molecule has 7 heteroatoms. The summed E-state index contributed by atoms with van der Waals surface area (Å²) in [6.07, 6.45) is 5.42. The summed E-state index contributed by atoms with van der Waals surface area (Å²) in [5, 5.41) is 3.03. The first-order valence-corrected chi connectivity index (χ1v) is 9.81. The Bertz CT molecular complexity index is 658. The molecule has 1 aromatic carbocycles. The van der Waals surface area contributed by atoms with Gasteiger partial charge in [-0.25, -0.2) is 9.59 Å². The van der Waals surface area contributed by atoms with Crippen molar-refractivity contribution in [2.45, 2.75) is 38.1 Å². The molecule has 2 fully saturated rings. The second-order valence-electron chi connectivity index (χ2n) is 7.53. The number of amides is 3. The molecule has 1 saturated heterocycles. The number of carbonyl (C=O) groups excluding carboxylic acids is 2. The lowest BCUT2D eigenvalue weighted by atomic mass is 9.94. The average molecular weight is 374 g/mol. The highest BCUT2D eigenvalue weighted by atomic mass is 16.6. The molecule has 2 aliphatic rings. The smallest absolute Gasteiger partial charge is 0.414 e. The van der Waals surface area contributed by atoms with Gasteiger partial charge in [0.15, 0.2) is 0 Å². The number of nitrogens with zero attached hydrogens (tertiary/aromatic N) is 3. The first kappa shape index (κ1) is 19.5. The predicted molar refractivity (Wildman–Crippen MR) is 106 cm³/mol. The summed E-state index contributed by atoms with van der Waals surface area (Å²) in [7, 11) is 4.05. The van der Waals surface area contributed by atoms with Crippen molar-refractivity contribution in [3.63, 3.8) is 0 Å². The molecule has 1 heterocycles. The first-order valence-electron chi connectivity index (χ1n) is 9.81. The molecule has 3 amide bonds. The number of cyclic esters (lactones) is 1. The summed E-state index contributed by atoms with van der Waals surface area (Å²) in [6.45, 7) is 2.48. The molecule has 0 radical (unpaired) electrons. The van der Waals surface area contributed by atoms with Gasteiger partial charge in [0.1, 0.15) is 6.61 Å². The quantitative estimate of drug-likeness (QED) is 0.829. The molecule has 1 N–H and O–H groups in total. The van der Waals surface area contributed by atoms with Crippen molar-refractivity contribution in [1.82, 2.24) is 9.80 Å². The number of likely N-dealkylation sites (N-methyl/N-ethyl adjacent to an activating group) is 1. The lowest BCUT2D eigenvalue weighted by Gasteiger charge is -2.35. The molecule has 3 rings (SSSR count). The minimum absolute atomic E-state index is 0.0649. The number of nitrogens with one attached hydrogen (secondary N) is 1. The van der Waals surface area contributed by atoms with Crippen molar-refractivity contribution in [1.29, 1.82) is 0 Å². The van der Waals surface area contributed by atoms with E-state index in [2.05, 4.69) is 10.2 Å². The topological polar surface area (TPSA) is 65.1 Å². The highest BCUT2D eigenvalue weighted by Crippen LogP contribution is 2.25. The summed E-state index contributed by atoms with van der Waals surface area (Å²) >= 11 is 0. The lowest BCUT2D eigenvalue weighted by molar-refractivity contribution is 0.159. The first-order chi connectivity index (χ1) is 13.0. The standard InChI is InChI=1S/C20H30N4O3/c1-22(2)11-12-23(17-8-4-3-5-9-17)19(25)21-16-7-6-10-18(15-16)24-13-14-27-20(24)26/h6-7,10,15,17H,3-5,8-9,11-14H2,1-2H3,(H,21,25). The molecule has 27 heavy (non-hydrogen) atoms. The van der Waals surface area contributed by atoms with Crippen LogP contribution in [0.15, 0.2) is 24.3 Å².